The first-order valence-electron chi connectivity index (χ1n) is 6.54. The monoisotopic (exact) mass is 266 g/mol. The molecule has 0 saturated carbocycles. The van der Waals surface area contributed by atoms with Gasteiger partial charge in [-0.25, -0.2) is 4.79 Å². The Bertz CT molecular complexity index is 359. The zero-order valence-electron chi connectivity index (χ0n) is 11.7. The molecule has 0 saturated heterocycles. The molecule has 1 rings (SSSR count). The van der Waals surface area contributed by atoms with E-state index in [0.29, 0.717) is 32.0 Å². The lowest BCUT2D eigenvalue weighted by Gasteiger charge is -2.06. The third-order valence-electron chi connectivity index (χ3n) is 2.64. The first-order valence-corrected chi connectivity index (χ1v) is 6.54. The van der Waals surface area contributed by atoms with Crippen LogP contribution in [0.25, 0.3) is 0 Å². The van der Waals surface area contributed by atoms with Crippen molar-refractivity contribution in [3.63, 3.8) is 0 Å². The molecule has 0 aliphatic heterocycles. The fraction of sp³-hybridized carbons (Fsp3) is 0.533. The van der Waals surface area contributed by atoms with Crippen LogP contribution in [0.5, 0.6) is 0 Å². The van der Waals surface area contributed by atoms with Crippen molar-refractivity contribution in [2.24, 2.45) is 0 Å². The zero-order valence-corrected chi connectivity index (χ0v) is 11.7. The van der Waals surface area contributed by atoms with Gasteiger partial charge in [-0.2, -0.15) is 0 Å². The van der Waals surface area contributed by atoms with Crippen LogP contribution in [0.15, 0.2) is 24.3 Å². The van der Waals surface area contributed by atoms with E-state index in [2.05, 4.69) is 0 Å². The molecule has 0 aliphatic carbocycles. The van der Waals surface area contributed by atoms with Gasteiger partial charge in [0.25, 0.3) is 0 Å². The molecule has 0 radical (unpaired) electrons. The highest BCUT2D eigenvalue weighted by atomic mass is 16.5. The number of benzene rings is 1. The molecule has 0 fully saturated rings. The number of esters is 1. The fourth-order valence-electron chi connectivity index (χ4n) is 1.49. The number of ether oxygens (including phenoxy) is 3. The third kappa shape index (κ3) is 6.94. The maximum Gasteiger partial charge on any atom is 0.338 e. The molecule has 1 aromatic rings. The number of carbonyl (C=O) groups excluding carboxylic acids is 1. The van der Waals surface area contributed by atoms with Gasteiger partial charge in [-0.05, 0) is 31.9 Å². The predicted molar refractivity (Wildman–Crippen MR) is 73.4 cm³/mol. The van der Waals surface area contributed by atoms with E-state index in [0.717, 1.165) is 18.4 Å². The van der Waals surface area contributed by atoms with Crippen LogP contribution >= 0.6 is 0 Å². The molecule has 106 valence electrons. The van der Waals surface area contributed by atoms with E-state index < -0.39 is 0 Å². The molecular formula is C15H22O4. The summed E-state index contributed by atoms with van der Waals surface area (Å²) < 4.78 is 15.4. The molecule has 1 aromatic carbocycles. The summed E-state index contributed by atoms with van der Waals surface area (Å²) in [7, 11) is 1.65. The van der Waals surface area contributed by atoms with Crippen molar-refractivity contribution in [1.29, 1.82) is 0 Å². The highest BCUT2D eigenvalue weighted by Gasteiger charge is 2.05. The van der Waals surface area contributed by atoms with Gasteiger partial charge >= 0.3 is 5.97 Å². The molecule has 0 unspecified atom stereocenters. The Morgan fingerprint density at radius 3 is 2.37 bits per heavy atom. The first-order chi connectivity index (χ1) is 9.24. The average molecular weight is 266 g/mol. The zero-order chi connectivity index (χ0) is 13.9. The maximum absolute atomic E-state index is 11.7. The van der Waals surface area contributed by atoms with Crippen LogP contribution in [0.2, 0.25) is 0 Å². The summed E-state index contributed by atoms with van der Waals surface area (Å²) >= 11 is 0. The van der Waals surface area contributed by atoms with Crippen molar-refractivity contribution in [3.05, 3.63) is 35.4 Å². The van der Waals surface area contributed by atoms with Gasteiger partial charge in [0.15, 0.2) is 0 Å². The molecule has 0 spiro atoms. The first kappa shape index (κ1) is 15.7. The second kappa shape index (κ2) is 9.53. The molecule has 0 heterocycles. The number of carbonyl (C=O) groups is 1. The topological polar surface area (TPSA) is 44.8 Å². The van der Waals surface area contributed by atoms with E-state index in [9.17, 15) is 4.79 Å². The van der Waals surface area contributed by atoms with Gasteiger partial charge in [0.05, 0.1) is 25.4 Å². The van der Waals surface area contributed by atoms with E-state index >= 15 is 0 Å². The van der Waals surface area contributed by atoms with Gasteiger partial charge in [-0.15, -0.1) is 0 Å². The standard InChI is InChI=1S/C15H22O4/c1-13-5-7-14(8-6-13)15(16)19-10-4-3-9-18-12-11-17-2/h5-8H,3-4,9-12H2,1-2H3. The van der Waals surface area contributed by atoms with Gasteiger partial charge in [-0.3, -0.25) is 0 Å². The molecule has 0 bridgehead atoms. The Hall–Kier alpha value is -1.39. The summed E-state index contributed by atoms with van der Waals surface area (Å²) in [6.07, 6.45) is 1.69. The molecule has 0 aliphatic rings. The van der Waals surface area contributed by atoms with Crippen LogP contribution in [-0.2, 0) is 14.2 Å². The van der Waals surface area contributed by atoms with Gasteiger partial charge in [0.1, 0.15) is 0 Å². The van der Waals surface area contributed by atoms with Gasteiger partial charge in [-0.1, -0.05) is 17.7 Å². The maximum atomic E-state index is 11.7. The number of aryl methyl sites for hydroxylation is 1. The Labute approximate surface area is 114 Å². The van der Waals surface area contributed by atoms with E-state index in [1.165, 1.54) is 0 Å². The minimum Gasteiger partial charge on any atom is -0.462 e. The summed E-state index contributed by atoms with van der Waals surface area (Å²) in [6.45, 7) is 4.31. The van der Waals surface area contributed by atoms with Crippen molar-refractivity contribution in [1.82, 2.24) is 0 Å². The smallest absolute Gasteiger partial charge is 0.338 e. The lowest BCUT2D eigenvalue weighted by atomic mass is 10.1. The van der Waals surface area contributed by atoms with E-state index in [1.54, 1.807) is 19.2 Å². The summed E-state index contributed by atoms with van der Waals surface area (Å²) in [5.74, 6) is -0.264. The molecule has 0 aromatic heterocycles. The molecule has 0 amide bonds. The Kier molecular flexibility index (Phi) is 7.86. The number of methoxy groups -OCH3 is 1. The van der Waals surface area contributed by atoms with Crippen molar-refractivity contribution < 1.29 is 19.0 Å². The van der Waals surface area contributed by atoms with Crippen molar-refractivity contribution in [2.75, 3.05) is 33.5 Å². The number of unbranched alkanes of at least 4 members (excludes halogenated alkanes) is 1. The second-order valence-electron chi connectivity index (χ2n) is 4.31. The summed E-state index contributed by atoms with van der Waals surface area (Å²) in [4.78, 5) is 11.7. The number of hydrogen-bond acceptors (Lipinski definition) is 4. The largest absolute Gasteiger partial charge is 0.462 e. The summed E-state index contributed by atoms with van der Waals surface area (Å²) in [5, 5.41) is 0. The fourth-order valence-corrected chi connectivity index (χ4v) is 1.49. The summed E-state index contributed by atoms with van der Waals surface area (Å²) in [6, 6.07) is 7.37. The minimum absolute atomic E-state index is 0.264. The van der Waals surface area contributed by atoms with E-state index in [1.807, 2.05) is 19.1 Å². The lowest BCUT2D eigenvalue weighted by molar-refractivity contribution is 0.0457. The minimum atomic E-state index is -0.264. The van der Waals surface area contributed by atoms with E-state index in [-0.39, 0.29) is 5.97 Å². The summed E-state index contributed by atoms with van der Waals surface area (Å²) in [5.41, 5.74) is 1.73. The lowest BCUT2D eigenvalue weighted by Crippen LogP contribution is -2.08. The van der Waals surface area contributed by atoms with Crippen LogP contribution < -0.4 is 0 Å². The van der Waals surface area contributed by atoms with E-state index in [4.69, 9.17) is 14.2 Å². The van der Waals surface area contributed by atoms with Crippen LogP contribution in [0.4, 0.5) is 0 Å². The highest BCUT2D eigenvalue weighted by molar-refractivity contribution is 5.89. The number of hydrogen-bond donors (Lipinski definition) is 0. The quantitative estimate of drug-likeness (QED) is 0.509. The van der Waals surface area contributed by atoms with Crippen LogP contribution in [0.1, 0.15) is 28.8 Å². The van der Waals surface area contributed by atoms with Gasteiger partial charge < -0.3 is 14.2 Å². The van der Waals surface area contributed by atoms with Crippen LogP contribution in [0.3, 0.4) is 0 Å². The Morgan fingerprint density at radius 2 is 1.68 bits per heavy atom. The van der Waals surface area contributed by atoms with Crippen molar-refractivity contribution in [2.45, 2.75) is 19.8 Å². The molecular weight excluding hydrogens is 244 g/mol. The van der Waals surface area contributed by atoms with Crippen LogP contribution in [-0.4, -0.2) is 39.5 Å². The molecule has 4 nitrogen and oxygen atoms in total. The number of rotatable bonds is 9. The highest BCUT2D eigenvalue weighted by Crippen LogP contribution is 2.05. The predicted octanol–water partition coefficient (Wildman–Crippen LogP) is 2.60. The van der Waals surface area contributed by atoms with Crippen molar-refractivity contribution in [3.8, 4) is 0 Å². The average Bonchev–Trinajstić information content (AvgIpc) is 2.42. The van der Waals surface area contributed by atoms with Gasteiger partial charge in [0.2, 0.25) is 0 Å². The van der Waals surface area contributed by atoms with Crippen molar-refractivity contribution >= 4 is 5.97 Å². The molecule has 0 N–H and O–H groups in total. The normalized spacial score (nSPS) is 10.4. The van der Waals surface area contributed by atoms with Crippen LogP contribution in [0, 0.1) is 6.92 Å². The Morgan fingerprint density at radius 1 is 1.00 bits per heavy atom. The SMILES string of the molecule is COCCOCCCCOC(=O)c1ccc(C)cc1. The second-order valence-corrected chi connectivity index (χ2v) is 4.31. The molecule has 4 heteroatoms. The molecule has 19 heavy (non-hydrogen) atoms. The third-order valence-corrected chi connectivity index (χ3v) is 2.64. The Balaban J connectivity index is 2.06. The molecule has 0 atom stereocenters. The van der Waals surface area contributed by atoms with Gasteiger partial charge in [0, 0.05) is 13.7 Å².